The Hall–Kier alpha value is -7.29. The highest BCUT2D eigenvalue weighted by Crippen LogP contribution is 2.36. The number of benzene rings is 3. The van der Waals surface area contributed by atoms with Gasteiger partial charge in [-0.15, -0.1) is 0 Å². The summed E-state index contributed by atoms with van der Waals surface area (Å²) in [6.07, 6.45) is 12.5. The number of fused-ring (bicyclic) bond motifs is 12. The second-order valence-corrected chi connectivity index (χ2v) is 14.2. The molecule has 1 aliphatic carbocycles. The molecule has 10 bridgehead atoms. The summed E-state index contributed by atoms with van der Waals surface area (Å²) in [7, 11) is 0. The van der Waals surface area contributed by atoms with Gasteiger partial charge in [0.25, 0.3) is 0 Å². The minimum atomic E-state index is 0.161. The maximum Gasteiger partial charge on any atom is 0.137 e. The average Bonchev–Trinajstić information content (AvgIpc) is 4.06. The highest BCUT2D eigenvalue weighted by molar-refractivity contribution is 5.99. The summed E-state index contributed by atoms with van der Waals surface area (Å²) >= 11 is 0. The van der Waals surface area contributed by atoms with Gasteiger partial charge in [0, 0.05) is 27.8 Å². The minimum absolute atomic E-state index is 0.161. The van der Waals surface area contributed by atoms with Crippen molar-refractivity contribution in [2.24, 2.45) is 5.92 Å². The third kappa shape index (κ3) is 6.10. The molecule has 0 spiro atoms. The van der Waals surface area contributed by atoms with E-state index in [9.17, 15) is 0 Å². The Morgan fingerprint density at radius 2 is 0.927 bits per heavy atom. The molecule has 0 amide bonds. The fourth-order valence-corrected chi connectivity index (χ4v) is 7.50. The summed E-state index contributed by atoms with van der Waals surface area (Å²) in [6.45, 7) is 4.22. The van der Waals surface area contributed by atoms with Gasteiger partial charge in [0.15, 0.2) is 0 Å². The smallest absolute Gasteiger partial charge is 0.137 e. The number of hydrogen-bond donors (Lipinski definition) is 3. The summed E-state index contributed by atoms with van der Waals surface area (Å²) in [6, 6.07) is 42.6. The second-order valence-electron chi connectivity index (χ2n) is 14.2. The number of allylic oxidation sites excluding steroid dienone is 4. The van der Waals surface area contributed by atoms with Gasteiger partial charge in [-0.2, -0.15) is 0 Å². The molecule has 55 heavy (non-hydrogen) atoms. The molecule has 3 aromatic carbocycles. The number of furan rings is 1. The first-order valence-electron chi connectivity index (χ1n) is 18.6. The molecule has 262 valence electrons. The molecule has 5 aromatic heterocycles. The number of rotatable bonds is 3. The van der Waals surface area contributed by atoms with Gasteiger partial charge in [0.1, 0.15) is 11.2 Å². The standard InChI is InChI=1S/C50H36N4O/c1-31-7-15-36(16-8-31)49-44-27-23-40(53-44)38-21-25-42(51-38)48(35-19-13-34(14-20-35)12-11-33-5-3-4-6-33)43-26-22-39(52-43)41-24-28-45(54-41)50(47-30-29-46(49)55-47)37-17-9-32(2)10-18-37/h3-10,13-30,33,51,53-54H,1-2H3. The molecular weight excluding hydrogens is 673 g/mol. The molecule has 0 unspecified atom stereocenters. The Balaban J connectivity index is 1.26. The summed E-state index contributed by atoms with van der Waals surface area (Å²) in [4.78, 5) is 16.4. The van der Waals surface area contributed by atoms with E-state index in [4.69, 9.17) is 9.40 Å². The number of nitrogens with zero attached hydrogens (tertiary/aromatic N) is 1. The summed E-state index contributed by atoms with van der Waals surface area (Å²) in [5.41, 5.74) is 18.6. The van der Waals surface area contributed by atoms with E-state index < -0.39 is 0 Å². The lowest BCUT2D eigenvalue weighted by molar-refractivity contribution is 0.668. The van der Waals surface area contributed by atoms with Crippen LogP contribution in [-0.4, -0.2) is 19.9 Å². The van der Waals surface area contributed by atoms with Crippen molar-refractivity contribution >= 4 is 56.4 Å². The van der Waals surface area contributed by atoms with Crippen LogP contribution >= 0.6 is 0 Å². The van der Waals surface area contributed by atoms with Crippen LogP contribution in [0.1, 0.15) is 28.1 Å². The van der Waals surface area contributed by atoms with Crippen molar-refractivity contribution in [1.82, 2.24) is 19.9 Å². The van der Waals surface area contributed by atoms with Crippen molar-refractivity contribution in [2.75, 3.05) is 0 Å². The number of aromatic nitrogens is 4. The molecule has 0 radical (unpaired) electrons. The van der Waals surface area contributed by atoms with Crippen LogP contribution in [0.3, 0.4) is 0 Å². The zero-order chi connectivity index (χ0) is 36.9. The molecule has 0 fully saturated rings. The SMILES string of the molecule is Cc1ccc(-c2c3ccc([nH]3)c3nc(c(-c4ccc(C#CC5C=CC=C5)cc4)c4ccc([nH]4)c4ccc([nH]4)c(-c4ccc(C)cc4)c4ccc2o4)C=C3)cc1. The zero-order valence-corrected chi connectivity index (χ0v) is 30.4. The van der Waals surface area contributed by atoms with E-state index in [1.165, 1.54) is 11.1 Å². The zero-order valence-electron chi connectivity index (χ0n) is 30.4. The lowest BCUT2D eigenvalue weighted by Crippen LogP contribution is -1.87. The normalized spacial score (nSPS) is 12.8. The minimum Gasteiger partial charge on any atom is -0.456 e. The van der Waals surface area contributed by atoms with Gasteiger partial charge >= 0.3 is 0 Å². The monoisotopic (exact) mass is 708 g/mol. The number of H-pyrrole nitrogens is 3. The van der Waals surface area contributed by atoms with E-state index in [-0.39, 0.29) is 5.92 Å². The number of nitrogens with one attached hydrogen (secondary N) is 3. The maximum atomic E-state index is 6.87. The van der Waals surface area contributed by atoms with E-state index in [0.29, 0.717) is 0 Å². The number of aromatic amines is 3. The largest absolute Gasteiger partial charge is 0.456 e. The number of aryl methyl sites for hydroxylation is 2. The first-order valence-corrected chi connectivity index (χ1v) is 18.6. The molecule has 3 N–H and O–H groups in total. The van der Waals surface area contributed by atoms with Crippen LogP contribution < -0.4 is 0 Å². The van der Waals surface area contributed by atoms with Gasteiger partial charge in [-0.3, -0.25) is 0 Å². The van der Waals surface area contributed by atoms with Gasteiger partial charge in [-0.1, -0.05) is 108 Å². The molecule has 6 heterocycles. The summed E-state index contributed by atoms with van der Waals surface area (Å²) in [5.74, 6) is 6.84. The lowest BCUT2D eigenvalue weighted by atomic mass is 10.0. The fourth-order valence-electron chi connectivity index (χ4n) is 7.50. The van der Waals surface area contributed by atoms with Gasteiger partial charge < -0.3 is 19.4 Å². The number of hydrogen-bond acceptors (Lipinski definition) is 2. The van der Waals surface area contributed by atoms with Crippen molar-refractivity contribution < 1.29 is 4.42 Å². The third-order valence-corrected chi connectivity index (χ3v) is 10.4. The molecule has 8 aromatic rings. The predicted molar refractivity (Wildman–Crippen MR) is 228 cm³/mol. The van der Waals surface area contributed by atoms with Crippen LogP contribution in [0, 0.1) is 31.6 Å². The van der Waals surface area contributed by atoms with E-state index >= 15 is 0 Å². The molecular formula is C50H36N4O. The first-order chi connectivity index (χ1) is 27.0. The molecule has 0 saturated heterocycles. The van der Waals surface area contributed by atoms with E-state index in [1.54, 1.807) is 0 Å². The fraction of sp³-hybridized carbons (Fsp3) is 0.0600. The second kappa shape index (κ2) is 13.3. The van der Waals surface area contributed by atoms with Crippen LogP contribution in [0.4, 0.5) is 0 Å². The van der Waals surface area contributed by atoms with Crippen molar-refractivity contribution in [1.29, 1.82) is 0 Å². The van der Waals surface area contributed by atoms with Crippen LogP contribution in [0.15, 0.2) is 150 Å². The third-order valence-electron chi connectivity index (χ3n) is 10.4. The van der Waals surface area contributed by atoms with Gasteiger partial charge in [-0.05, 0) is 103 Å². The molecule has 1 aliphatic heterocycles. The van der Waals surface area contributed by atoms with Crippen molar-refractivity contribution in [2.45, 2.75) is 13.8 Å². The Morgan fingerprint density at radius 1 is 0.473 bits per heavy atom. The summed E-state index contributed by atoms with van der Waals surface area (Å²) in [5, 5.41) is 0. The lowest BCUT2D eigenvalue weighted by Gasteiger charge is -2.05. The molecule has 0 atom stereocenters. The predicted octanol–water partition coefficient (Wildman–Crippen LogP) is 12.7. The quantitative estimate of drug-likeness (QED) is 0.160. The topological polar surface area (TPSA) is 73.4 Å². The molecule has 2 aliphatic rings. The highest BCUT2D eigenvalue weighted by Gasteiger charge is 2.15. The highest BCUT2D eigenvalue weighted by atomic mass is 16.3. The van der Waals surface area contributed by atoms with Crippen LogP contribution in [0.2, 0.25) is 0 Å². The molecule has 10 rings (SSSR count). The molecule has 0 saturated carbocycles. The van der Waals surface area contributed by atoms with Gasteiger partial charge in [0.2, 0.25) is 0 Å². The summed E-state index contributed by atoms with van der Waals surface area (Å²) < 4.78 is 6.87. The van der Waals surface area contributed by atoms with E-state index in [1.807, 2.05) is 12.2 Å². The Kier molecular flexibility index (Phi) is 7.82. The van der Waals surface area contributed by atoms with Crippen LogP contribution in [0.25, 0.3) is 89.8 Å². The Labute approximate surface area is 318 Å². The van der Waals surface area contributed by atoms with Gasteiger partial charge in [-0.25, -0.2) is 4.98 Å². The van der Waals surface area contributed by atoms with Crippen molar-refractivity contribution in [3.05, 3.63) is 174 Å². The van der Waals surface area contributed by atoms with E-state index in [2.05, 4.69) is 186 Å². The molecule has 5 heteroatoms. The van der Waals surface area contributed by atoms with Crippen LogP contribution in [0.5, 0.6) is 0 Å². The Bertz CT molecular complexity index is 3080. The van der Waals surface area contributed by atoms with Gasteiger partial charge in [0.05, 0.1) is 44.9 Å². The van der Waals surface area contributed by atoms with Crippen molar-refractivity contribution in [3.63, 3.8) is 0 Å². The van der Waals surface area contributed by atoms with E-state index in [0.717, 1.165) is 94.6 Å². The maximum absolute atomic E-state index is 6.87. The van der Waals surface area contributed by atoms with Crippen LogP contribution in [-0.2, 0) is 0 Å². The molecule has 5 nitrogen and oxygen atoms in total. The Morgan fingerprint density at radius 3 is 1.51 bits per heavy atom. The first kappa shape index (κ1) is 32.4. The average molecular weight is 709 g/mol. The van der Waals surface area contributed by atoms with Crippen molar-refractivity contribution in [3.8, 4) is 45.2 Å².